The van der Waals surface area contributed by atoms with Crippen LogP contribution in [-0.2, 0) is 0 Å². The van der Waals surface area contributed by atoms with Crippen LogP contribution < -0.4 is 5.32 Å². The van der Waals surface area contributed by atoms with Gasteiger partial charge in [0.1, 0.15) is 0 Å². The SMILES string of the molecule is CC(CC1CC1)NCC(O)c1ccc([N+](=O)[O-])cc1. The summed E-state index contributed by atoms with van der Waals surface area (Å²) in [5.41, 5.74) is 0.753. The maximum Gasteiger partial charge on any atom is 0.269 e. The molecule has 0 aromatic heterocycles. The molecule has 0 bridgehead atoms. The minimum absolute atomic E-state index is 0.0472. The van der Waals surface area contributed by atoms with Crippen molar-refractivity contribution in [1.29, 1.82) is 0 Å². The largest absolute Gasteiger partial charge is 0.387 e. The second-order valence-corrected chi connectivity index (χ2v) is 5.35. The Kier molecular flexibility index (Phi) is 4.50. The molecule has 0 saturated heterocycles. The number of non-ortho nitro benzene ring substituents is 1. The van der Waals surface area contributed by atoms with Crippen molar-refractivity contribution < 1.29 is 10.0 Å². The molecule has 0 aliphatic heterocycles. The third kappa shape index (κ3) is 4.29. The van der Waals surface area contributed by atoms with E-state index in [2.05, 4.69) is 12.2 Å². The van der Waals surface area contributed by atoms with Crippen LogP contribution in [0.3, 0.4) is 0 Å². The maximum atomic E-state index is 10.5. The molecule has 0 amide bonds. The molecule has 1 aliphatic rings. The van der Waals surface area contributed by atoms with Gasteiger partial charge >= 0.3 is 0 Å². The van der Waals surface area contributed by atoms with Gasteiger partial charge in [-0.2, -0.15) is 0 Å². The van der Waals surface area contributed by atoms with Crippen molar-refractivity contribution in [3.63, 3.8) is 0 Å². The van der Waals surface area contributed by atoms with Gasteiger partial charge in [0, 0.05) is 24.7 Å². The summed E-state index contributed by atoms with van der Waals surface area (Å²) in [7, 11) is 0. The molecule has 1 aliphatic carbocycles. The lowest BCUT2D eigenvalue weighted by atomic mass is 10.1. The van der Waals surface area contributed by atoms with Crippen LogP contribution in [0.2, 0.25) is 0 Å². The number of nitro benzene ring substituents is 1. The number of rotatable bonds is 7. The standard InChI is InChI=1S/C14H20N2O3/c1-10(8-11-2-3-11)15-9-14(17)12-4-6-13(7-5-12)16(18)19/h4-7,10-11,14-15,17H,2-3,8-9H2,1H3. The lowest BCUT2D eigenvalue weighted by Crippen LogP contribution is -2.30. The van der Waals surface area contributed by atoms with Crippen LogP contribution in [0.25, 0.3) is 0 Å². The van der Waals surface area contributed by atoms with Gasteiger partial charge in [0.25, 0.3) is 5.69 Å². The highest BCUT2D eigenvalue weighted by atomic mass is 16.6. The molecule has 104 valence electrons. The molecular weight excluding hydrogens is 244 g/mol. The van der Waals surface area contributed by atoms with Crippen molar-refractivity contribution in [3.8, 4) is 0 Å². The normalized spacial score (nSPS) is 18.0. The molecule has 0 radical (unpaired) electrons. The predicted octanol–water partition coefficient (Wildman–Crippen LogP) is 2.41. The first-order valence-corrected chi connectivity index (χ1v) is 6.72. The van der Waals surface area contributed by atoms with Crippen molar-refractivity contribution in [1.82, 2.24) is 5.32 Å². The van der Waals surface area contributed by atoms with Crippen LogP contribution in [0, 0.1) is 16.0 Å². The van der Waals surface area contributed by atoms with Gasteiger partial charge in [0.2, 0.25) is 0 Å². The Labute approximate surface area is 112 Å². The Morgan fingerprint density at radius 2 is 2.05 bits per heavy atom. The van der Waals surface area contributed by atoms with Crippen LogP contribution in [0.4, 0.5) is 5.69 Å². The molecule has 2 unspecified atom stereocenters. The Morgan fingerprint density at radius 1 is 1.42 bits per heavy atom. The molecule has 2 atom stereocenters. The summed E-state index contributed by atoms with van der Waals surface area (Å²) in [5, 5.41) is 23.9. The van der Waals surface area contributed by atoms with E-state index in [-0.39, 0.29) is 5.69 Å². The van der Waals surface area contributed by atoms with E-state index in [9.17, 15) is 15.2 Å². The molecule has 5 heteroatoms. The molecule has 1 fully saturated rings. The molecule has 1 aromatic carbocycles. The van der Waals surface area contributed by atoms with Crippen molar-refractivity contribution in [3.05, 3.63) is 39.9 Å². The zero-order valence-electron chi connectivity index (χ0n) is 11.1. The van der Waals surface area contributed by atoms with E-state index in [0.717, 1.165) is 12.3 Å². The second-order valence-electron chi connectivity index (χ2n) is 5.35. The fourth-order valence-electron chi connectivity index (χ4n) is 2.19. The van der Waals surface area contributed by atoms with Crippen LogP contribution in [0.5, 0.6) is 0 Å². The van der Waals surface area contributed by atoms with E-state index in [1.165, 1.54) is 25.0 Å². The molecule has 19 heavy (non-hydrogen) atoms. The van der Waals surface area contributed by atoms with Crippen molar-refractivity contribution in [2.24, 2.45) is 5.92 Å². The molecule has 0 heterocycles. The van der Waals surface area contributed by atoms with Crippen molar-refractivity contribution >= 4 is 5.69 Å². The van der Waals surface area contributed by atoms with Gasteiger partial charge in [-0.1, -0.05) is 12.8 Å². The fourth-order valence-corrected chi connectivity index (χ4v) is 2.19. The maximum absolute atomic E-state index is 10.5. The number of aliphatic hydroxyl groups excluding tert-OH is 1. The lowest BCUT2D eigenvalue weighted by molar-refractivity contribution is -0.384. The summed E-state index contributed by atoms with van der Waals surface area (Å²) in [6.07, 6.45) is 3.20. The first-order valence-electron chi connectivity index (χ1n) is 6.72. The third-order valence-electron chi connectivity index (χ3n) is 3.53. The number of aliphatic hydroxyl groups is 1. The molecule has 2 rings (SSSR count). The highest BCUT2D eigenvalue weighted by Gasteiger charge is 2.23. The Bertz CT molecular complexity index is 429. The first kappa shape index (κ1) is 14.0. The quantitative estimate of drug-likeness (QED) is 0.585. The van der Waals surface area contributed by atoms with Crippen LogP contribution in [0.1, 0.15) is 37.9 Å². The lowest BCUT2D eigenvalue weighted by Gasteiger charge is -2.17. The van der Waals surface area contributed by atoms with E-state index in [4.69, 9.17) is 0 Å². The Balaban J connectivity index is 1.81. The number of hydrogen-bond donors (Lipinski definition) is 2. The van der Waals surface area contributed by atoms with Crippen LogP contribution in [-0.4, -0.2) is 22.6 Å². The van der Waals surface area contributed by atoms with E-state index in [0.29, 0.717) is 18.2 Å². The van der Waals surface area contributed by atoms with E-state index in [1.54, 1.807) is 12.1 Å². The number of nitrogens with zero attached hydrogens (tertiary/aromatic N) is 1. The minimum atomic E-state index is -0.623. The molecule has 1 saturated carbocycles. The number of benzene rings is 1. The summed E-state index contributed by atoms with van der Waals surface area (Å²) in [4.78, 5) is 10.1. The van der Waals surface area contributed by atoms with Gasteiger partial charge in [-0.15, -0.1) is 0 Å². The fraction of sp³-hybridized carbons (Fsp3) is 0.571. The third-order valence-corrected chi connectivity index (χ3v) is 3.53. The molecule has 2 N–H and O–H groups in total. The van der Waals surface area contributed by atoms with Gasteiger partial charge in [0.05, 0.1) is 11.0 Å². The summed E-state index contributed by atoms with van der Waals surface area (Å²) in [5.74, 6) is 0.860. The number of nitrogens with one attached hydrogen (secondary N) is 1. The van der Waals surface area contributed by atoms with E-state index in [1.807, 2.05) is 0 Å². The topological polar surface area (TPSA) is 75.4 Å². The van der Waals surface area contributed by atoms with Gasteiger partial charge in [0.15, 0.2) is 0 Å². The molecular formula is C14H20N2O3. The van der Waals surface area contributed by atoms with Crippen LogP contribution >= 0.6 is 0 Å². The smallest absolute Gasteiger partial charge is 0.269 e. The molecule has 5 nitrogen and oxygen atoms in total. The van der Waals surface area contributed by atoms with Gasteiger partial charge < -0.3 is 10.4 Å². The van der Waals surface area contributed by atoms with Gasteiger partial charge in [-0.3, -0.25) is 10.1 Å². The Hall–Kier alpha value is -1.46. The average molecular weight is 264 g/mol. The first-order chi connectivity index (χ1) is 9.06. The molecule has 0 spiro atoms. The van der Waals surface area contributed by atoms with E-state index < -0.39 is 11.0 Å². The van der Waals surface area contributed by atoms with Crippen LogP contribution in [0.15, 0.2) is 24.3 Å². The zero-order chi connectivity index (χ0) is 13.8. The summed E-state index contributed by atoms with van der Waals surface area (Å²) >= 11 is 0. The summed E-state index contributed by atoms with van der Waals surface area (Å²) < 4.78 is 0. The highest BCUT2D eigenvalue weighted by molar-refractivity contribution is 5.33. The summed E-state index contributed by atoms with van der Waals surface area (Å²) in [6.45, 7) is 2.60. The Morgan fingerprint density at radius 3 is 2.58 bits per heavy atom. The average Bonchev–Trinajstić information content (AvgIpc) is 3.20. The highest BCUT2D eigenvalue weighted by Crippen LogP contribution is 2.33. The second kappa shape index (κ2) is 6.12. The monoisotopic (exact) mass is 264 g/mol. The minimum Gasteiger partial charge on any atom is -0.387 e. The zero-order valence-corrected chi connectivity index (χ0v) is 11.1. The molecule has 1 aromatic rings. The van der Waals surface area contributed by atoms with Gasteiger partial charge in [-0.05, 0) is 37.0 Å². The van der Waals surface area contributed by atoms with Gasteiger partial charge in [-0.25, -0.2) is 0 Å². The summed E-state index contributed by atoms with van der Waals surface area (Å²) in [6, 6.07) is 6.46. The predicted molar refractivity (Wildman–Crippen MR) is 72.9 cm³/mol. The van der Waals surface area contributed by atoms with Crippen molar-refractivity contribution in [2.75, 3.05) is 6.54 Å². The number of hydrogen-bond acceptors (Lipinski definition) is 4. The number of nitro groups is 1. The van der Waals surface area contributed by atoms with Crippen molar-refractivity contribution in [2.45, 2.75) is 38.3 Å². The van der Waals surface area contributed by atoms with E-state index >= 15 is 0 Å².